The number of piperazine rings is 1. The van der Waals surface area contributed by atoms with Crippen molar-refractivity contribution >= 4 is 17.1 Å². The van der Waals surface area contributed by atoms with Gasteiger partial charge in [-0.1, -0.05) is 6.07 Å². The lowest BCUT2D eigenvalue weighted by molar-refractivity contribution is 0.000566. The number of rotatable bonds is 2. The van der Waals surface area contributed by atoms with Crippen LogP contribution in [-0.4, -0.2) is 47.2 Å². The second-order valence-electron chi connectivity index (χ2n) is 7.55. The van der Waals surface area contributed by atoms with Crippen molar-refractivity contribution in [1.82, 2.24) is 9.80 Å². The summed E-state index contributed by atoms with van der Waals surface area (Å²) in [4.78, 5) is 16.5. The Kier molecular flexibility index (Phi) is 4.54. The van der Waals surface area contributed by atoms with Gasteiger partial charge in [0.2, 0.25) is 0 Å². The molecule has 3 rings (SSSR count). The fourth-order valence-electron chi connectivity index (χ4n) is 3.14. The van der Waals surface area contributed by atoms with Crippen LogP contribution in [0.3, 0.4) is 0 Å². The molecule has 0 bridgehead atoms. The van der Waals surface area contributed by atoms with Gasteiger partial charge in [0.05, 0.1) is 6.26 Å². The van der Waals surface area contributed by atoms with Crippen molar-refractivity contribution in [1.29, 1.82) is 0 Å². The first-order valence-corrected chi connectivity index (χ1v) is 8.50. The van der Waals surface area contributed by atoms with E-state index in [2.05, 4.69) is 24.0 Å². The molecule has 1 fully saturated rings. The third kappa shape index (κ3) is 3.90. The number of hydrogen-bond acceptors (Lipinski definition) is 4. The Balaban J connectivity index is 1.59. The Morgan fingerprint density at radius 1 is 1.29 bits per heavy atom. The molecule has 1 amide bonds. The van der Waals surface area contributed by atoms with Gasteiger partial charge in [-0.15, -0.1) is 0 Å². The molecule has 2 heterocycles. The molecule has 1 aliphatic heterocycles. The number of ether oxygens (including phenoxy) is 1. The average molecular weight is 330 g/mol. The van der Waals surface area contributed by atoms with Gasteiger partial charge < -0.3 is 14.1 Å². The summed E-state index contributed by atoms with van der Waals surface area (Å²) < 4.78 is 10.9. The van der Waals surface area contributed by atoms with E-state index >= 15 is 0 Å². The van der Waals surface area contributed by atoms with Crippen molar-refractivity contribution in [2.24, 2.45) is 0 Å². The molecule has 5 nitrogen and oxygen atoms in total. The molecule has 2 aromatic rings. The van der Waals surface area contributed by atoms with E-state index in [1.165, 1.54) is 5.56 Å². The number of furan rings is 1. The fourth-order valence-corrected chi connectivity index (χ4v) is 3.14. The van der Waals surface area contributed by atoms with Crippen molar-refractivity contribution < 1.29 is 13.9 Å². The summed E-state index contributed by atoms with van der Waals surface area (Å²) in [6.45, 7) is 11.1. The maximum absolute atomic E-state index is 12.3. The van der Waals surface area contributed by atoms with Gasteiger partial charge in [0.25, 0.3) is 0 Å². The number of hydrogen-bond donors (Lipinski definition) is 0. The Labute approximate surface area is 143 Å². The summed E-state index contributed by atoms with van der Waals surface area (Å²) in [5.41, 5.74) is 1.73. The normalized spacial score (nSPS) is 19.7. The van der Waals surface area contributed by atoms with E-state index in [1.807, 2.05) is 37.8 Å². The van der Waals surface area contributed by atoms with E-state index < -0.39 is 5.60 Å². The van der Waals surface area contributed by atoms with Crippen LogP contribution in [0.1, 0.15) is 33.3 Å². The van der Waals surface area contributed by atoms with Crippen molar-refractivity contribution in [2.45, 2.75) is 45.9 Å². The molecular weight excluding hydrogens is 304 g/mol. The Hall–Kier alpha value is -2.01. The standard InChI is InChI=1S/C19H26N2O3/c1-14-12-20(8-9-21(14)18(22)24-19(2,3)4)13-15-5-6-17-16(11-15)7-10-23-17/h5-7,10-11,14H,8-9,12-13H2,1-4H3/t14-/m0/s1. The molecule has 1 aromatic heterocycles. The molecular formula is C19H26N2O3. The second kappa shape index (κ2) is 6.48. The first kappa shape index (κ1) is 16.8. The summed E-state index contributed by atoms with van der Waals surface area (Å²) in [5.74, 6) is 0. The molecule has 130 valence electrons. The van der Waals surface area contributed by atoms with Gasteiger partial charge in [0, 0.05) is 37.6 Å². The predicted octanol–water partition coefficient (Wildman–Crippen LogP) is 3.87. The Morgan fingerprint density at radius 2 is 2.08 bits per heavy atom. The SMILES string of the molecule is C[C@H]1CN(Cc2ccc3occc3c2)CCN1C(=O)OC(C)(C)C. The molecule has 0 radical (unpaired) electrons. The minimum absolute atomic E-state index is 0.145. The number of benzene rings is 1. The highest BCUT2D eigenvalue weighted by Crippen LogP contribution is 2.20. The van der Waals surface area contributed by atoms with Crippen LogP contribution in [-0.2, 0) is 11.3 Å². The fraction of sp³-hybridized carbons (Fsp3) is 0.526. The summed E-state index contributed by atoms with van der Waals surface area (Å²) in [7, 11) is 0. The van der Waals surface area contributed by atoms with E-state index in [0.717, 1.165) is 30.6 Å². The van der Waals surface area contributed by atoms with Gasteiger partial charge in [-0.05, 0) is 51.5 Å². The molecule has 1 aliphatic rings. The van der Waals surface area contributed by atoms with E-state index in [4.69, 9.17) is 9.15 Å². The van der Waals surface area contributed by atoms with Crippen LogP contribution in [0.5, 0.6) is 0 Å². The van der Waals surface area contributed by atoms with Crippen LogP contribution in [0.4, 0.5) is 4.79 Å². The van der Waals surface area contributed by atoms with Gasteiger partial charge in [-0.2, -0.15) is 0 Å². The zero-order valence-electron chi connectivity index (χ0n) is 14.9. The molecule has 1 aromatic carbocycles. The molecule has 0 spiro atoms. The number of fused-ring (bicyclic) bond motifs is 1. The summed E-state index contributed by atoms with van der Waals surface area (Å²) >= 11 is 0. The third-order valence-electron chi connectivity index (χ3n) is 4.26. The maximum Gasteiger partial charge on any atom is 0.410 e. The molecule has 1 atom stereocenters. The zero-order chi connectivity index (χ0) is 17.3. The highest BCUT2D eigenvalue weighted by atomic mass is 16.6. The second-order valence-corrected chi connectivity index (χ2v) is 7.55. The van der Waals surface area contributed by atoms with Gasteiger partial charge in [0.15, 0.2) is 0 Å². The topological polar surface area (TPSA) is 45.9 Å². The van der Waals surface area contributed by atoms with Crippen LogP contribution >= 0.6 is 0 Å². The molecule has 0 unspecified atom stereocenters. The van der Waals surface area contributed by atoms with E-state index in [0.29, 0.717) is 6.54 Å². The van der Waals surface area contributed by atoms with Crippen molar-refractivity contribution in [3.05, 3.63) is 36.1 Å². The van der Waals surface area contributed by atoms with Crippen LogP contribution in [0.25, 0.3) is 11.0 Å². The highest BCUT2D eigenvalue weighted by Gasteiger charge is 2.30. The monoisotopic (exact) mass is 330 g/mol. The smallest absolute Gasteiger partial charge is 0.410 e. The minimum atomic E-state index is -0.450. The molecule has 1 saturated heterocycles. The van der Waals surface area contributed by atoms with Crippen molar-refractivity contribution in [3.63, 3.8) is 0 Å². The Morgan fingerprint density at radius 3 is 2.79 bits per heavy atom. The average Bonchev–Trinajstić information content (AvgIpc) is 2.93. The van der Waals surface area contributed by atoms with Crippen molar-refractivity contribution in [3.8, 4) is 0 Å². The van der Waals surface area contributed by atoms with Crippen LogP contribution in [0.2, 0.25) is 0 Å². The molecule has 24 heavy (non-hydrogen) atoms. The lowest BCUT2D eigenvalue weighted by Crippen LogP contribution is -2.54. The van der Waals surface area contributed by atoms with Gasteiger partial charge in [-0.3, -0.25) is 4.90 Å². The summed E-state index contributed by atoms with van der Waals surface area (Å²) in [6.07, 6.45) is 1.50. The van der Waals surface area contributed by atoms with Crippen LogP contribution in [0, 0.1) is 0 Å². The summed E-state index contributed by atoms with van der Waals surface area (Å²) in [5, 5.41) is 1.13. The number of nitrogens with zero attached hydrogens (tertiary/aromatic N) is 2. The molecule has 5 heteroatoms. The molecule has 0 saturated carbocycles. The number of carbonyl (C=O) groups excluding carboxylic acids is 1. The summed E-state index contributed by atoms with van der Waals surface area (Å²) in [6, 6.07) is 8.43. The Bertz CT molecular complexity index is 717. The lowest BCUT2D eigenvalue weighted by Gasteiger charge is -2.40. The quantitative estimate of drug-likeness (QED) is 0.838. The van der Waals surface area contributed by atoms with E-state index in [9.17, 15) is 4.79 Å². The third-order valence-corrected chi connectivity index (χ3v) is 4.26. The van der Waals surface area contributed by atoms with Crippen LogP contribution < -0.4 is 0 Å². The van der Waals surface area contributed by atoms with Crippen molar-refractivity contribution in [2.75, 3.05) is 19.6 Å². The lowest BCUT2D eigenvalue weighted by atomic mass is 10.1. The number of amides is 1. The minimum Gasteiger partial charge on any atom is -0.464 e. The molecule has 0 N–H and O–H groups in total. The highest BCUT2D eigenvalue weighted by molar-refractivity contribution is 5.77. The van der Waals surface area contributed by atoms with Gasteiger partial charge in [-0.25, -0.2) is 4.79 Å². The first-order valence-electron chi connectivity index (χ1n) is 8.50. The van der Waals surface area contributed by atoms with E-state index in [-0.39, 0.29) is 12.1 Å². The largest absolute Gasteiger partial charge is 0.464 e. The zero-order valence-corrected chi connectivity index (χ0v) is 14.9. The maximum atomic E-state index is 12.3. The van der Waals surface area contributed by atoms with E-state index in [1.54, 1.807) is 6.26 Å². The first-order chi connectivity index (χ1) is 11.3. The number of carbonyl (C=O) groups is 1. The predicted molar refractivity (Wildman–Crippen MR) is 93.9 cm³/mol. The van der Waals surface area contributed by atoms with Gasteiger partial charge >= 0.3 is 6.09 Å². The van der Waals surface area contributed by atoms with Crippen LogP contribution in [0.15, 0.2) is 34.9 Å². The molecule has 0 aliphatic carbocycles. The van der Waals surface area contributed by atoms with Gasteiger partial charge in [0.1, 0.15) is 11.2 Å².